The van der Waals surface area contributed by atoms with Crippen molar-refractivity contribution in [2.24, 2.45) is 0 Å². The molecule has 0 unspecified atom stereocenters. The molecule has 0 aliphatic carbocycles. The number of nitrogen functional groups attached to an aromatic ring is 2. The van der Waals surface area contributed by atoms with Gasteiger partial charge in [0.25, 0.3) is 0 Å². The summed E-state index contributed by atoms with van der Waals surface area (Å²) >= 11 is 0. The Morgan fingerprint density at radius 2 is 0.781 bits per heavy atom. The van der Waals surface area contributed by atoms with Gasteiger partial charge in [0.05, 0.1) is 0 Å². The summed E-state index contributed by atoms with van der Waals surface area (Å²) in [5.74, 6) is -4.01. The first-order valence-corrected chi connectivity index (χ1v) is 6.99. The van der Waals surface area contributed by atoms with E-state index in [2.05, 4.69) is 20.2 Å². The van der Waals surface area contributed by atoms with Gasteiger partial charge in [0.2, 0.25) is 11.6 Å². The lowest BCUT2D eigenvalue weighted by atomic mass is 10.3. The normalized spacial score (nSPS) is 11.6. The first-order valence-electron chi connectivity index (χ1n) is 6.99. The highest BCUT2D eigenvalue weighted by molar-refractivity contribution is 5.44. The molecule has 0 aliphatic rings. The van der Waals surface area contributed by atoms with Gasteiger partial charge in [-0.2, -0.15) is 19.5 Å². The van der Waals surface area contributed by atoms with Crippen molar-refractivity contribution < 1.29 is 29.5 Å². The van der Waals surface area contributed by atoms with Crippen molar-refractivity contribution >= 4 is 0 Å². The minimum Gasteiger partial charge on any atom is -0.321 e. The maximum atomic E-state index is 11.1. The van der Waals surface area contributed by atoms with Crippen LogP contribution in [-0.4, -0.2) is 59.3 Å². The zero-order valence-electron chi connectivity index (χ0n) is 14.4. The molecule has 26 nitrogen and oxygen atoms in total. The molecular formula is C6H4N14O12. The quantitative estimate of drug-likeness (QED) is 0.154. The molecule has 0 bridgehead atoms. The van der Waals surface area contributed by atoms with Crippen LogP contribution in [0.2, 0.25) is 0 Å². The van der Waals surface area contributed by atoms with Crippen molar-refractivity contribution in [2.45, 2.75) is 11.6 Å². The van der Waals surface area contributed by atoms with Gasteiger partial charge in [0.1, 0.15) is 0 Å². The molecule has 0 radical (unpaired) electrons. The summed E-state index contributed by atoms with van der Waals surface area (Å²) in [5.41, 5.74) is 0. The van der Waals surface area contributed by atoms with Gasteiger partial charge in [-0.1, -0.05) is 0 Å². The van der Waals surface area contributed by atoms with E-state index in [-0.39, 0.29) is 9.58 Å². The minimum atomic E-state index is -4.38. The van der Waals surface area contributed by atoms with Crippen molar-refractivity contribution in [1.82, 2.24) is 29.7 Å². The smallest absolute Gasteiger partial charge is 0.321 e. The molecule has 2 aromatic rings. The summed E-state index contributed by atoms with van der Waals surface area (Å²) in [6.07, 6.45) is 0. The molecule has 170 valence electrons. The Balaban J connectivity index is 2.82. The monoisotopic (exact) mass is 464 g/mol. The van der Waals surface area contributed by atoms with Crippen molar-refractivity contribution in [3.05, 3.63) is 72.3 Å². The number of hydrogen-bond acceptors (Lipinski definition) is 18. The second-order valence-electron chi connectivity index (χ2n) is 5.22. The average Bonchev–Trinajstić information content (AvgIpc) is 3.17. The van der Waals surface area contributed by atoms with Gasteiger partial charge in [-0.3, -0.25) is 60.7 Å². The third-order valence-corrected chi connectivity index (χ3v) is 3.59. The van der Waals surface area contributed by atoms with Crippen molar-refractivity contribution in [1.29, 1.82) is 0 Å². The molecule has 0 fully saturated rings. The lowest BCUT2D eigenvalue weighted by molar-refractivity contribution is -0.987. The number of aromatic nitrogens is 6. The van der Waals surface area contributed by atoms with Gasteiger partial charge in [-0.15, -0.1) is 10.2 Å². The van der Waals surface area contributed by atoms with Crippen molar-refractivity contribution in [2.75, 3.05) is 11.7 Å². The highest BCUT2D eigenvalue weighted by Crippen LogP contribution is 2.28. The van der Waals surface area contributed by atoms with E-state index >= 15 is 0 Å². The summed E-state index contributed by atoms with van der Waals surface area (Å²) in [4.78, 5) is 60.7. The van der Waals surface area contributed by atoms with E-state index in [1.807, 2.05) is 0 Å². The van der Waals surface area contributed by atoms with Gasteiger partial charge in [0.15, 0.2) is 29.5 Å². The van der Waals surface area contributed by atoms with Crippen LogP contribution >= 0.6 is 0 Å². The Morgan fingerprint density at radius 1 is 0.562 bits per heavy atom. The Bertz CT molecular complexity index is 1030. The fraction of sp³-hybridized carbons (Fsp3) is 0.333. The fourth-order valence-corrected chi connectivity index (χ4v) is 2.13. The van der Waals surface area contributed by atoms with Crippen LogP contribution in [0.15, 0.2) is 0 Å². The number of hydrogen-bond donors (Lipinski definition) is 2. The highest BCUT2D eigenvalue weighted by atomic mass is 16.7. The maximum absolute atomic E-state index is 11.1. The van der Waals surface area contributed by atoms with Crippen LogP contribution in [0.1, 0.15) is 11.6 Å². The molecule has 32 heavy (non-hydrogen) atoms. The SMILES string of the molecule is Nn1nc(C([N+](=O)[O-])([N+](=O)[O-])[N+](=O)[O-])nc1-c1nc(C([N+](=O)[O-])([N+](=O)[O-])[N+](=O)[O-])nn1N. The number of rotatable bonds is 9. The molecular weight excluding hydrogens is 460 g/mol. The molecule has 0 spiro atoms. The van der Waals surface area contributed by atoms with Crippen molar-refractivity contribution in [3.8, 4) is 11.6 Å². The van der Waals surface area contributed by atoms with Gasteiger partial charge >= 0.3 is 23.2 Å². The summed E-state index contributed by atoms with van der Waals surface area (Å²) in [5, 5.41) is 72.5. The third-order valence-electron chi connectivity index (χ3n) is 3.59. The Hall–Kier alpha value is -5.72. The van der Waals surface area contributed by atoms with E-state index < -0.39 is 64.4 Å². The Morgan fingerprint density at radius 3 is 0.969 bits per heavy atom. The zero-order valence-corrected chi connectivity index (χ0v) is 14.4. The first-order chi connectivity index (χ1) is 14.7. The lowest BCUT2D eigenvalue weighted by Gasteiger charge is -2.04. The van der Waals surface area contributed by atoms with Gasteiger partial charge < -0.3 is 11.7 Å². The third kappa shape index (κ3) is 2.66. The second-order valence-corrected chi connectivity index (χ2v) is 5.22. The predicted octanol–water partition coefficient (Wildman–Crippen LogP) is -4.15. The standard InChI is InChI=1S/C6H4N14O12/c7-13-1(9-3(11-13)5(15(21)22,16(23)24)17(25)26)2-10-4(12-14(2)8)6(18(27)28,19(29)30)20(31)32/h7-8H2. The molecule has 2 heterocycles. The topological polar surface area (TPSA) is 372 Å². The molecule has 0 saturated carbocycles. The van der Waals surface area contributed by atoms with E-state index in [4.69, 9.17) is 11.7 Å². The summed E-state index contributed by atoms with van der Waals surface area (Å²) < 4.78 is 0. The minimum absolute atomic E-state index is 0.107. The van der Waals surface area contributed by atoms with Gasteiger partial charge in [-0.25, -0.2) is 0 Å². The van der Waals surface area contributed by atoms with E-state index in [9.17, 15) is 60.7 Å². The number of nitro groups is 6. The lowest BCUT2D eigenvalue weighted by Crippen LogP contribution is -2.51. The first kappa shape index (κ1) is 22.6. The predicted molar refractivity (Wildman–Crippen MR) is 84.7 cm³/mol. The summed E-state index contributed by atoms with van der Waals surface area (Å²) in [6, 6.07) is 0. The fourth-order valence-electron chi connectivity index (χ4n) is 2.13. The van der Waals surface area contributed by atoms with Crippen LogP contribution in [0.5, 0.6) is 0 Å². The molecule has 2 rings (SSSR count). The molecule has 26 heteroatoms. The van der Waals surface area contributed by atoms with Crippen LogP contribution < -0.4 is 11.7 Å². The van der Waals surface area contributed by atoms with E-state index in [1.54, 1.807) is 0 Å². The second kappa shape index (κ2) is 6.96. The van der Waals surface area contributed by atoms with Gasteiger partial charge in [-0.05, 0) is 0 Å². The summed E-state index contributed by atoms with van der Waals surface area (Å²) in [6.45, 7) is 0. The van der Waals surface area contributed by atoms with Crippen molar-refractivity contribution in [3.63, 3.8) is 0 Å². The molecule has 0 atom stereocenters. The Labute approximate surface area is 167 Å². The van der Waals surface area contributed by atoms with E-state index in [1.165, 1.54) is 0 Å². The molecule has 0 aliphatic heterocycles. The van der Waals surface area contributed by atoms with Crippen LogP contribution in [0.4, 0.5) is 0 Å². The largest absolute Gasteiger partial charge is 0.765 e. The molecule has 0 saturated heterocycles. The maximum Gasteiger partial charge on any atom is 0.765 e. The Kier molecular flexibility index (Phi) is 4.91. The highest BCUT2D eigenvalue weighted by Gasteiger charge is 2.78. The van der Waals surface area contributed by atoms with E-state index in [0.29, 0.717) is 0 Å². The number of nitrogens with zero attached hydrogens (tertiary/aromatic N) is 12. The average molecular weight is 464 g/mol. The van der Waals surface area contributed by atoms with Crippen LogP contribution in [0.3, 0.4) is 0 Å². The van der Waals surface area contributed by atoms with Crippen LogP contribution in [0.25, 0.3) is 11.6 Å². The van der Waals surface area contributed by atoms with E-state index in [0.717, 1.165) is 0 Å². The van der Waals surface area contributed by atoms with Crippen LogP contribution in [-0.2, 0) is 11.6 Å². The molecule has 0 amide bonds. The molecule has 4 N–H and O–H groups in total. The van der Waals surface area contributed by atoms with Gasteiger partial charge in [0, 0.05) is 0 Å². The zero-order chi connectivity index (χ0) is 24.8. The molecule has 0 aromatic carbocycles. The number of nitrogens with two attached hydrogens (primary N) is 2. The summed E-state index contributed by atoms with van der Waals surface area (Å²) in [7, 11) is 0. The van der Waals surface area contributed by atoms with Crippen LogP contribution in [0, 0.1) is 60.7 Å². The molecule has 2 aromatic heterocycles.